The lowest BCUT2D eigenvalue weighted by atomic mass is 10.2. The topological polar surface area (TPSA) is 59.1 Å². The van der Waals surface area contributed by atoms with Crippen LogP contribution in [0, 0.1) is 5.41 Å². The third-order valence-corrected chi connectivity index (χ3v) is 3.35. The zero-order chi connectivity index (χ0) is 17.3. The van der Waals surface area contributed by atoms with Gasteiger partial charge in [0.05, 0.1) is 11.3 Å². The second-order valence-electron chi connectivity index (χ2n) is 4.95. The van der Waals surface area contributed by atoms with Crippen LogP contribution in [0.1, 0.15) is 5.56 Å². The van der Waals surface area contributed by atoms with Gasteiger partial charge in [-0.15, -0.1) is 4.58 Å². The van der Waals surface area contributed by atoms with Crippen molar-refractivity contribution in [1.29, 1.82) is 5.41 Å². The number of hydrogen-bond acceptors (Lipinski definition) is 3. The summed E-state index contributed by atoms with van der Waals surface area (Å²) in [7, 11) is 0. The number of rotatable bonds is 2. The smallest absolute Gasteiger partial charge is 0.409 e. The molecule has 1 aliphatic rings. The molecule has 0 amide bonds. The summed E-state index contributed by atoms with van der Waals surface area (Å²) in [5.41, 5.74) is -0.102. The second kappa shape index (κ2) is 5.84. The highest BCUT2D eigenvalue weighted by Crippen LogP contribution is 2.32. The van der Waals surface area contributed by atoms with Crippen LogP contribution in [0.25, 0.3) is 0 Å². The van der Waals surface area contributed by atoms with Crippen molar-refractivity contribution in [3.8, 4) is 0 Å². The molecule has 24 heavy (non-hydrogen) atoms. The van der Waals surface area contributed by atoms with Crippen LogP contribution in [-0.4, -0.2) is 22.5 Å². The van der Waals surface area contributed by atoms with Gasteiger partial charge in [0, 0.05) is 12.1 Å². The summed E-state index contributed by atoms with van der Waals surface area (Å²) in [6, 6.07) is 16.4. The quantitative estimate of drug-likeness (QED) is 0.679. The largest absolute Gasteiger partial charge is 0.865 e. The summed E-state index contributed by atoms with van der Waals surface area (Å²) in [6.45, 7) is 0. The highest BCUT2D eigenvalue weighted by Gasteiger charge is 2.44. The minimum Gasteiger partial charge on any atom is -0.865 e. The number of nitrogens with one attached hydrogen (secondary N) is 1. The van der Waals surface area contributed by atoms with Crippen LogP contribution in [0.3, 0.4) is 0 Å². The first kappa shape index (κ1) is 15.8. The first-order valence-electron chi connectivity index (χ1n) is 6.92. The number of halogens is 3. The van der Waals surface area contributed by atoms with Gasteiger partial charge < -0.3 is 9.84 Å². The average Bonchev–Trinajstić information content (AvgIpc) is 2.92. The fraction of sp³-hybridized carbons (Fsp3) is 0.0588. The lowest BCUT2D eigenvalue weighted by molar-refractivity contribution is -0.417. The Morgan fingerprint density at radius 3 is 2.04 bits per heavy atom. The Balaban J connectivity index is 2.31. The SMILES string of the molecule is N=C1OC(c2ccccc2)=[N+](c2ccccc2)/C1=C(\[O-])C(F)(F)F. The summed E-state index contributed by atoms with van der Waals surface area (Å²) in [5.74, 6) is -2.97. The summed E-state index contributed by atoms with van der Waals surface area (Å²) in [4.78, 5) is 0. The van der Waals surface area contributed by atoms with Gasteiger partial charge in [0.15, 0.2) is 0 Å². The highest BCUT2D eigenvalue weighted by molar-refractivity contribution is 6.08. The molecule has 0 unspecified atom stereocenters. The Bertz CT molecular complexity index is 841. The van der Waals surface area contributed by atoms with E-state index in [9.17, 15) is 18.3 Å². The Morgan fingerprint density at radius 2 is 1.50 bits per heavy atom. The van der Waals surface area contributed by atoms with E-state index in [1.54, 1.807) is 48.5 Å². The minimum absolute atomic E-state index is 0.0144. The number of benzene rings is 2. The van der Waals surface area contributed by atoms with E-state index in [1.807, 2.05) is 0 Å². The maximum absolute atomic E-state index is 12.9. The molecule has 7 heteroatoms. The zero-order valence-electron chi connectivity index (χ0n) is 12.2. The molecular formula is C17H11F3N2O2. The molecule has 0 saturated heterocycles. The average molecular weight is 332 g/mol. The van der Waals surface area contributed by atoms with Gasteiger partial charge in [0.25, 0.3) is 11.6 Å². The van der Waals surface area contributed by atoms with Crippen LogP contribution < -0.4 is 5.11 Å². The lowest BCUT2D eigenvalue weighted by Gasteiger charge is -2.15. The van der Waals surface area contributed by atoms with E-state index in [4.69, 9.17) is 10.1 Å². The Kier molecular flexibility index (Phi) is 3.84. The van der Waals surface area contributed by atoms with Crippen molar-refractivity contribution in [1.82, 2.24) is 0 Å². The lowest BCUT2D eigenvalue weighted by Crippen LogP contribution is -2.29. The maximum atomic E-state index is 12.9. The van der Waals surface area contributed by atoms with E-state index >= 15 is 0 Å². The molecule has 0 aromatic heterocycles. The van der Waals surface area contributed by atoms with Gasteiger partial charge in [-0.1, -0.05) is 36.4 Å². The van der Waals surface area contributed by atoms with Crippen molar-refractivity contribution in [2.24, 2.45) is 0 Å². The third-order valence-electron chi connectivity index (χ3n) is 3.35. The molecule has 3 rings (SSSR count). The third kappa shape index (κ3) is 2.76. The molecule has 122 valence electrons. The zero-order valence-corrected chi connectivity index (χ0v) is 12.2. The molecule has 1 heterocycles. The Hall–Kier alpha value is -3.09. The van der Waals surface area contributed by atoms with Gasteiger partial charge in [0.1, 0.15) is 0 Å². The molecule has 0 saturated carbocycles. The molecule has 0 spiro atoms. The first-order valence-corrected chi connectivity index (χ1v) is 6.92. The van der Waals surface area contributed by atoms with Crippen molar-refractivity contribution in [2.45, 2.75) is 6.18 Å². The van der Waals surface area contributed by atoms with Gasteiger partial charge in [-0.25, -0.2) is 0 Å². The van der Waals surface area contributed by atoms with Crippen LogP contribution >= 0.6 is 0 Å². The number of allylic oxidation sites excluding steroid dienone is 1. The maximum Gasteiger partial charge on any atom is 0.409 e. The van der Waals surface area contributed by atoms with Crippen molar-refractivity contribution in [2.75, 3.05) is 0 Å². The minimum atomic E-state index is -5.11. The number of alkyl halides is 3. The van der Waals surface area contributed by atoms with Crippen LogP contribution in [-0.2, 0) is 4.74 Å². The fourth-order valence-electron chi connectivity index (χ4n) is 2.32. The number of para-hydroxylation sites is 1. The molecule has 0 aliphatic carbocycles. The van der Waals surface area contributed by atoms with Gasteiger partial charge in [-0.2, -0.15) is 13.2 Å². The summed E-state index contributed by atoms with van der Waals surface area (Å²) in [6.07, 6.45) is -5.11. The number of hydrogen-bond donors (Lipinski definition) is 1. The predicted octanol–water partition coefficient (Wildman–Crippen LogP) is 2.92. The summed E-state index contributed by atoms with van der Waals surface area (Å²) >= 11 is 0. The van der Waals surface area contributed by atoms with E-state index in [0.717, 1.165) is 4.58 Å². The van der Waals surface area contributed by atoms with Crippen LogP contribution in [0.5, 0.6) is 0 Å². The second-order valence-corrected chi connectivity index (χ2v) is 4.95. The molecule has 2 aromatic rings. The predicted molar refractivity (Wildman–Crippen MR) is 78.8 cm³/mol. The van der Waals surface area contributed by atoms with E-state index in [2.05, 4.69) is 0 Å². The van der Waals surface area contributed by atoms with Gasteiger partial charge in [-0.05, 0) is 12.1 Å². The molecule has 1 aliphatic heterocycles. The molecule has 2 aromatic carbocycles. The molecule has 0 atom stereocenters. The fourth-order valence-corrected chi connectivity index (χ4v) is 2.32. The monoisotopic (exact) mass is 332 g/mol. The number of nitrogens with zero attached hydrogens (tertiary/aromatic N) is 1. The van der Waals surface area contributed by atoms with Crippen LogP contribution in [0.15, 0.2) is 72.1 Å². The van der Waals surface area contributed by atoms with Gasteiger partial charge >= 0.3 is 12.1 Å². The van der Waals surface area contributed by atoms with E-state index in [1.165, 1.54) is 12.1 Å². The normalized spacial score (nSPS) is 17.0. The molecular weight excluding hydrogens is 321 g/mol. The highest BCUT2D eigenvalue weighted by atomic mass is 19.4. The Morgan fingerprint density at radius 1 is 0.958 bits per heavy atom. The van der Waals surface area contributed by atoms with Crippen molar-refractivity contribution < 1.29 is 27.6 Å². The van der Waals surface area contributed by atoms with E-state index in [-0.39, 0.29) is 5.90 Å². The van der Waals surface area contributed by atoms with Crippen molar-refractivity contribution >= 4 is 17.5 Å². The number of ether oxygens (including phenoxy) is 1. The van der Waals surface area contributed by atoms with Gasteiger partial charge in [0.2, 0.25) is 5.69 Å². The molecule has 4 nitrogen and oxygen atoms in total. The van der Waals surface area contributed by atoms with E-state index in [0.29, 0.717) is 11.3 Å². The molecule has 0 fully saturated rings. The van der Waals surface area contributed by atoms with Crippen LogP contribution in [0.4, 0.5) is 18.9 Å². The van der Waals surface area contributed by atoms with Crippen LogP contribution in [0.2, 0.25) is 0 Å². The van der Waals surface area contributed by atoms with Crippen molar-refractivity contribution in [3.05, 3.63) is 77.7 Å². The summed E-state index contributed by atoms with van der Waals surface area (Å²) in [5, 5.41) is 19.5. The van der Waals surface area contributed by atoms with Gasteiger partial charge in [-0.3, -0.25) is 5.41 Å². The summed E-state index contributed by atoms with van der Waals surface area (Å²) < 4.78 is 45.0. The molecule has 1 N–H and O–H groups in total. The molecule has 0 radical (unpaired) electrons. The first-order chi connectivity index (χ1) is 11.4. The Labute approximate surface area is 135 Å². The molecule has 0 bridgehead atoms. The standard InChI is InChI=1S/C17H11F3N2O2/c18-17(19,20)14(23)13-15(21)24-16(11-7-3-1-4-8-11)22(13)12-9-5-2-6-10-12/h1-10H,(H-,21,23). The van der Waals surface area contributed by atoms with Crippen molar-refractivity contribution in [3.63, 3.8) is 0 Å². The van der Waals surface area contributed by atoms with E-state index < -0.39 is 23.5 Å².